The molecule has 0 saturated carbocycles. The first kappa shape index (κ1) is 15.9. The maximum atomic E-state index is 5.72. The second-order valence-electron chi connectivity index (χ2n) is 5.20. The molecular weight excluding hydrogens is 256 g/mol. The summed E-state index contributed by atoms with van der Waals surface area (Å²) in [6.45, 7) is 8.30. The Morgan fingerprint density at radius 3 is 2.32 bits per heavy atom. The van der Waals surface area contributed by atoms with Gasteiger partial charge in [-0.05, 0) is 44.2 Å². The van der Waals surface area contributed by atoms with Gasteiger partial charge in [-0.15, -0.1) is 0 Å². The van der Waals surface area contributed by atoms with Crippen molar-refractivity contribution in [3.05, 3.63) is 29.8 Å². The van der Waals surface area contributed by atoms with Crippen molar-refractivity contribution in [2.45, 2.75) is 26.8 Å². The fraction of sp³-hybridized carbons (Fsp3) is 0.533. The predicted molar refractivity (Wildman–Crippen MR) is 84.8 cm³/mol. The molecule has 0 aliphatic carbocycles. The normalized spacial score (nSPS) is 12.7. The quantitative estimate of drug-likeness (QED) is 0.779. The molecule has 1 aromatic carbocycles. The van der Waals surface area contributed by atoms with Crippen LogP contribution in [0, 0.1) is 5.92 Å². The Bertz CT molecular complexity index is 403. The molecule has 0 bridgehead atoms. The number of benzene rings is 1. The summed E-state index contributed by atoms with van der Waals surface area (Å²) >= 11 is 4.91. The minimum atomic E-state index is 0.414. The molecule has 0 aliphatic heterocycles. The van der Waals surface area contributed by atoms with Crippen LogP contribution in [0.5, 0.6) is 5.75 Å². The van der Waals surface area contributed by atoms with Crippen LogP contribution in [0.15, 0.2) is 24.3 Å². The van der Waals surface area contributed by atoms with Crippen molar-refractivity contribution in [1.82, 2.24) is 4.90 Å². The number of likely N-dealkylation sites (N-methyl/N-ethyl adjacent to an activating group) is 1. The number of ether oxygens (including phenoxy) is 1. The van der Waals surface area contributed by atoms with Crippen molar-refractivity contribution in [1.29, 1.82) is 0 Å². The molecule has 0 aliphatic rings. The number of thiocarbonyl (C=S) groups is 1. The first-order valence-corrected chi connectivity index (χ1v) is 7.05. The zero-order valence-electron chi connectivity index (χ0n) is 12.2. The van der Waals surface area contributed by atoms with Crippen LogP contribution in [0.3, 0.4) is 0 Å². The molecule has 1 unspecified atom stereocenters. The van der Waals surface area contributed by atoms with Gasteiger partial charge in [-0.25, -0.2) is 0 Å². The van der Waals surface area contributed by atoms with Crippen molar-refractivity contribution in [3.8, 4) is 5.75 Å². The molecule has 0 heterocycles. The molecule has 4 heteroatoms. The molecule has 0 radical (unpaired) electrons. The minimum Gasteiger partial charge on any atom is -0.492 e. The third-order valence-electron chi connectivity index (χ3n) is 3.51. The smallest absolute Gasteiger partial charge is 0.119 e. The van der Waals surface area contributed by atoms with E-state index in [0.29, 0.717) is 23.6 Å². The van der Waals surface area contributed by atoms with E-state index in [2.05, 4.69) is 32.7 Å². The van der Waals surface area contributed by atoms with Gasteiger partial charge in [0.2, 0.25) is 0 Å². The molecule has 3 nitrogen and oxygen atoms in total. The maximum Gasteiger partial charge on any atom is 0.119 e. The first-order chi connectivity index (χ1) is 8.91. The van der Waals surface area contributed by atoms with E-state index in [0.717, 1.165) is 17.9 Å². The van der Waals surface area contributed by atoms with E-state index in [4.69, 9.17) is 22.7 Å². The molecule has 19 heavy (non-hydrogen) atoms. The lowest BCUT2D eigenvalue weighted by atomic mass is 10.1. The lowest BCUT2D eigenvalue weighted by molar-refractivity contribution is 0.170. The van der Waals surface area contributed by atoms with E-state index >= 15 is 0 Å². The van der Waals surface area contributed by atoms with Crippen LogP contribution >= 0.6 is 12.2 Å². The Balaban J connectivity index is 2.39. The van der Waals surface area contributed by atoms with Gasteiger partial charge in [-0.3, -0.25) is 0 Å². The van der Waals surface area contributed by atoms with Gasteiger partial charge in [0.05, 0.1) is 0 Å². The Labute approximate surface area is 121 Å². The van der Waals surface area contributed by atoms with Crippen LogP contribution in [-0.4, -0.2) is 36.1 Å². The highest BCUT2D eigenvalue weighted by molar-refractivity contribution is 7.80. The molecule has 0 aromatic heterocycles. The zero-order chi connectivity index (χ0) is 14.4. The number of rotatable bonds is 7. The third-order valence-corrected chi connectivity index (χ3v) is 3.75. The van der Waals surface area contributed by atoms with Gasteiger partial charge in [-0.2, -0.15) is 0 Å². The SMILES string of the molecule is CC(C)C(C)N(C)CCOc1ccc(C(N)=S)cc1. The minimum absolute atomic E-state index is 0.414. The average molecular weight is 280 g/mol. The second-order valence-corrected chi connectivity index (χ2v) is 5.64. The van der Waals surface area contributed by atoms with E-state index in [-0.39, 0.29) is 0 Å². The molecule has 0 spiro atoms. The summed E-state index contributed by atoms with van der Waals surface area (Å²) in [5.74, 6) is 1.50. The number of hydrogen-bond donors (Lipinski definition) is 1. The summed E-state index contributed by atoms with van der Waals surface area (Å²) in [4.78, 5) is 2.73. The number of nitrogens with two attached hydrogens (primary N) is 1. The van der Waals surface area contributed by atoms with E-state index in [1.165, 1.54) is 0 Å². The monoisotopic (exact) mass is 280 g/mol. The highest BCUT2D eigenvalue weighted by Crippen LogP contribution is 2.13. The predicted octanol–water partition coefficient (Wildman–Crippen LogP) is 2.68. The van der Waals surface area contributed by atoms with Crippen LogP contribution < -0.4 is 10.5 Å². The van der Waals surface area contributed by atoms with Crippen molar-refractivity contribution in [3.63, 3.8) is 0 Å². The van der Waals surface area contributed by atoms with E-state index in [1.807, 2.05) is 24.3 Å². The van der Waals surface area contributed by atoms with Crippen LogP contribution in [0.25, 0.3) is 0 Å². The van der Waals surface area contributed by atoms with Crippen molar-refractivity contribution >= 4 is 17.2 Å². The molecule has 0 amide bonds. The van der Waals surface area contributed by atoms with Crippen molar-refractivity contribution in [2.24, 2.45) is 11.7 Å². The molecule has 0 saturated heterocycles. The summed E-state index contributed by atoms with van der Waals surface area (Å²) in [6.07, 6.45) is 0. The van der Waals surface area contributed by atoms with Crippen molar-refractivity contribution in [2.75, 3.05) is 20.2 Å². The fourth-order valence-electron chi connectivity index (χ4n) is 1.74. The first-order valence-electron chi connectivity index (χ1n) is 6.64. The average Bonchev–Trinajstić information content (AvgIpc) is 2.38. The number of hydrogen-bond acceptors (Lipinski definition) is 3. The van der Waals surface area contributed by atoms with Gasteiger partial charge in [0.25, 0.3) is 0 Å². The van der Waals surface area contributed by atoms with E-state index < -0.39 is 0 Å². The topological polar surface area (TPSA) is 38.5 Å². The molecule has 106 valence electrons. The Morgan fingerprint density at radius 1 is 1.26 bits per heavy atom. The summed E-state index contributed by atoms with van der Waals surface area (Å²) in [6, 6.07) is 8.14. The van der Waals surface area contributed by atoms with Crippen LogP contribution in [0.4, 0.5) is 0 Å². The highest BCUT2D eigenvalue weighted by Gasteiger charge is 2.12. The molecule has 2 N–H and O–H groups in total. The Morgan fingerprint density at radius 2 is 1.84 bits per heavy atom. The summed E-state index contributed by atoms with van der Waals surface area (Å²) in [5, 5.41) is 0. The molecular formula is C15H24N2OS. The highest BCUT2D eigenvalue weighted by atomic mass is 32.1. The van der Waals surface area contributed by atoms with Crippen LogP contribution in [0.2, 0.25) is 0 Å². The zero-order valence-corrected chi connectivity index (χ0v) is 13.0. The van der Waals surface area contributed by atoms with Gasteiger partial charge in [0, 0.05) is 18.2 Å². The van der Waals surface area contributed by atoms with Crippen LogP contribution in [-0.2, 0) is 0 Å². The van der Waals surface area contributed by atoms with E-state index in [1.54, 1.807) is 0 Å². The summed E-state index contributed by atoms with van der Waals surface area (Å²) in [5.41, 5.74) is 6.42. The van der Waals surface area contributed by atoms with Gasteiger partial charge in [0.1, 0.15) is 17.3 Å². The second kappa shape index (κ2) is 7.46. The molecule has 1 aromatic rings. The summed E-state index contributed by atoms with van der Waals surface area (Å²) in [7, 11) is 2.13. The molecule has 1 atom stereocenters. The fourth-order valence-corrected chi connectivity index (χ4v) is 1.87. The lowest BCUT2D eigenvalue weighted by Crippen LogP contribution is -2.36. The Hall–Kier alpha value is -1.13. The lowest BCUT2D eigenvalue weighted by Gasteiger charge is -2.27. The third kappa shape index (κ3) is 5.17. The standard InChI is InChI=1S/C15H24N2OS/c1-11(2)12(3)17(4)9-10-18-14-7-5-13(6-8-14)15(16)19/h5-8,11-12H,9-10H2,1-4H3,(H2,16,19). The van der Waals surface area contributed by atoms with Crippen molar-refractivity contribution < 1.29 is 4.74 Å². The van der Waals surface area contributed by atoms with E-state index in [9.17, 15) is 0 Å². The summed E-state index contributed by atoms with van der Waals surface area (Å²) < 4.78 is 5.72. The maximum absolute atomic E-state index is 5.72. The van der Waals surface area contributed by atoms with Crippen LogP contribution in [0.1, 0.15) is 26.3 Å². The Kier molecular flexibility index (Phi) is 6.25. The largest absolute Gasteiger partial charge is 0.492 e. The van der Waals surface area contributed by atoms with Gasteiger partial charge in [-0.1, -0.05) is 26.1 Å². The van der Waals surface area contributed by atoms with Gasteiger partial charge < -0.3 is 15.4 Å². The van der Waals surface area contributed by atoms with Gasteiger partial charge >= 0.3 is 0 Å². The number of nitrogens with zero attached hydrogens (tertiary/aromatic N) is 1. The molecule has 1 rings (SSSR count). The van der Waals surface area contributed by atoms with Gasteiger partial charge in [0.15, 0.2) is 0 Å². The molecule has 0 fully saturated rings.